The smallest absolute Gasteiger partial charge is 0.253 e. The van der Waals surface area contributed by atoms with Gasteiger partial charge in [0.2, 0.25) is 17.5 Å². The maximum atomic E-state index is 13.6. The summed E-state index contributed by atoms with van der Waals surface area (Å²) in [6, 6.07) is 0.159. The fraction of sp³-hybridized carbons (Fsp3) is 0.400. The zero-order valence-electron chi connectivity index (χ0n) is 13.0. The number of nitrogens with zero attached hydrogens (tertiary/aromatic N) is 3. The van der Waals surface area contributed by atoms with Gasteiger partial charge in [-0.05, 0) is 12.8 Å². The molecule has 3 rings (SSSR count). The second-order valence-corrected chi connectivity index (χ2v) is 5.80. The fourth-order valence-corrected chi connectivity index (χ4v) is 2.75. The maximum absolute atomic E-state index is 13.6. The van der Waals surface area contributed by atoms with Crippen LogP contribution in [0, 0.1) is 23.5 Å². The van der Waals surface area contributed by atoms with Crippen LogP contribution in [-0.2, 0) is 11.3 Å². The molecule has 1 aliphatic carbocycles. The van der Waals surface area contributed by atoms with Crippen LogP contribution >= 0.6 is 0 Å². The van der Waals surface area contributed by atoms with Crippen molar-refractivity contribution in [1.29, 1.82) is 0 Å². The molecular weight excluding hydrogens is 342 g/mol. The third-order valence-electron chi connectivity index (χ3n) is 3.93. The van der Waals surface area contributed by atoms with Gasteiger partial charge in [-0.25, -0.2) is 0 Å². The first-order valence-corrected chi connectivity index (χ1v) is 7.73. The lowest BCUT2D eigenvalue weighted by Gasteiger charge is -2.11. The van der Waals surface area contributed by atoms with E-state index in [-0.39, 0.29) is 24.2 Å². The lowest BCUT2D eigenvalue weighted by Crippen LogP contribution is -2.35. The van der Waals surface area contributed by atoms with Crippen LogP contribution in [0.1, 0.15) is 25.7 Å². The van der Waals surface area contributed by atoms with E-state index >= 15 is 0 Å². The Balaban J connectivity index is 1.67. The summed E-state index contributed by atoms with van der Waals surface area (Å²) in [5.41, 5.74) is -0.948. The van der Waals surface area contributed by atoms with Crippen molar-refractivity contribution in [2.24, 2.45) is 0 Å². The topological polar surface area (TPSA) is 71.8 Å². The van der Waals surface area contributed by atoms with E-state index in [0.717, 1.165) is 25.7 Å². The Morgan fingerprint density at radius 3 is 2.44 bits per heavy atom. The Morgan fingerprint density at radius 1 is 1.16 bits per heavy atom. The van der Waals surface area contributed by atoms with E-state index in [1.165, 1.54) is 17.1 Å². The van der Waals surface area contributed by atoms with Crippen LogP contribution in [0.2, 0.25) is 0 Å². The van der Waals surface area contributed by atoms with E-state index < -0.39 is 29.2 Å². The molecule has 0 saturated heterocycles. The summed E-state index contributed by atoms with van der Waals surface area (Å²) in [7, 11) is 0. The summed E-state index contributed by atoms with van der Waals surface area (Å²) in [6.45, 7) is -0.0811. The maximum Gasteiger partial charge on any atom is 0.253 e. The quantitative estimate of drug-likeness (QED) is 0.637. The molecule has 10 heteroatoms. The molecule has 0 aliphatic heterocycles. The van der Waals surface area contributed by atoms with Crippen molar-refractivity contribution in [3.63, 3.8) is 0 Å². The molecule has 0 bridgehead atoms. The van der Waals surface area contributed by atoms with Crippen LogP contribution in [0.4, 0.5) is 28.9 Å². The third-order valence-corrected chi connectivity index (χ3v) is 3.93. The summed E-state index contributed by atoms with van der Waals surface area (Å²) >= 11 is 0. The average Bonchev–Trinajstić information content (AvgIpc) is 3.21. The van der Waals surface area contributed by atoms with Crippen LogP contribution in [0.15, 0.2) is 12.4 Å². The predicted molar refractivity (Wildman–Crippen MR) is 80.0 cm³/mol. The zero-order valence-corrected chi connectivity index (χ0v) is 13.0. The van der Waals surface area contributed by atoms with Crippen LogP contribution in [0.25, 0.3) is 0 Å². The van der Waals surface area contributed by atoms with Gasteiger partial charge < -0.3 is 10.6 Å². The number of anilines is 2. The first-order chi connectivity index (χ1) is 11.9. The highest BCUT2D eigenvalue weighted by Crippen LogP contribution is 2.25. The molecule has 2 N–H and O–H groups in total. The SMILES string of the molecule is O=C(Cn1cc(Nc2c(F)c(F)nc(F)c2F)cn1)NC1CCCC1. The third kappa shape index (κ3) is 3.89. The van der Waals surface area contributed by atoms with Crippen molar-refractivity contribution >= 4 is 17.3 Å². The van der Waals surface area contributed by atoms with Crippen molar-refractivity contribution in [2.45, 2.75) is 38.3 Å². The minimum absolute atomic E-state index is 0.0662. The van der Waals surface area contributed by atoms with Gasteiger partial charge in [-0.1, -0.05) is 12.8 Å². The van der Waals surface area contributed by atoms with Crippen molar-refractivity contribution in [2.75, 3.05) is 5.32 Å². The number of hydrogen-bond acceptors (Lipinski definition) is 4. The van der Waals surface area contributed by atoms with Gasteiger partial charge in [0.15, 0.2) is 0 Å². The minimum Gasteiger partial charge on any atom is -0.352 e. The number of hydrogen-bond donors (Lipinski definition) is 2. The molecule has 25 heavy (non-hydrogen) atoms. The molecule has 6 nitrogen and oxygen atoms in total. The predicted octanol–water partition coefficient (Wildman–Crippen LogP) is 2.64. The van der Waals surface area contributed by atoms with E-state index in [9.17, 15) is 22.4 Å². The fourth-order valence-electron chi connectivity index (χ4n) is 2.75. The van der Waals surface area contributed by atoms with Crippen LogP contribution in [0.3, 0.4) is 0 Å². The van der Waals surface area contributed by atoms with Crippen LogP contribution in [-0.4, -0.2) is 26.7 Å². The molecule has 2 heterocycles. The standard InChI is InChI=1S/C15H15F4N5O/c16-11-13(12(17)15(19)23-14(11)18)22-9-5-20-24(6-9)7-10(25)21-8-3-1-2-4-8/h5-6,8H,1-4,7H2,(H,21,25)(H,22,23). The number of carbonyl (C=O) groups is 1. The van der Waals surface area contributed by atoms with Gasteiger partial charge in [0.1, 0.15) is 12.2 Å². The van der Waals surface area contributed by atoms with Crippen molar-refractivity contribution < 1.29 is 22.4 Å². The number of amides is 1. The molecule has 0 spiro atoms. The van der Waals surface area contributed by atoms with E-state index in [0.29, 0.717) is 0 Å². The number of aromatic nitrogens is 3. The van der Waals surface area contributed by atoms with Gasteiger partial charge in [0.25, 0.3) is 11.9 Å². The molecule has 1 saturated carbocycles. The van der Waals surface area contributed by atoms with E-state index in [1.807, 2.05) is 0 Å². The largest absolute Gasteiger partial charge is 0.352 e. The van der Waals surface area contributed by atoms with Crippen molar-refractivity contribution in [3.8, 4) is 0 Å². The number of rotatable bonds is 5. The normalized spacial score (nSPS) is 14.7. The average molecular weight is 357 g/mol. The molecule has 1 aliphatic rings. The van der Waals surface area contributed by atoms with Gasteiger partial charge in [-0.15, -0.1) is 0 Å². The van der Waals surface area contributed by atoms with Crippen LogP contribution in [0.5, 0.6) is 0 Å². The zero-order chi connectivity index (χ0) is 18.0. The molecule has 0 aromatic carbocycles. The minimum atomic E-state index is -1.76. The molecule has 0 atom stereocenters. The monoisotopic (exact) mass is 357 g/mol. The summed E-state index contributed by atoms with van der Waals surface area (Å²) in [5.74, 6) is -7.05. The molecule has 0 unspecified atom stereocenters. The number of carbonyl (C=O) groups excluding carboxylic acids is 1. The Kier molecular flexibility index (Phi) is 4.86. The first kappa shape index (κ1) is 17.2. The number of halogens is 4. The molecule has 1 fully saturated rings. The number of nitrogens with one attached hydrogen (secondary N) is 2. The van der Waals surface area contributed by atoms with Crippen LogP contribution < -0.4 is 10.6 Å². The molecule has 134 valence electrons. The lowest BCUT2D eigenvalue weighted by atomic mass is 10.2. The molecule has 1 amide bonds. The summed E-state index contributed by atoms with van der Waals surface area (Å²) < 4.78 is 54.6. The summed E-state index contributed by atoms with van der Waals surface area (Å²) in [6.07, 6.45) is 6.51. The van der Waals surface area contributed by atoms with Gasteiger partial charge in [-0.2, -0.15) is 27.6 Å². The first-order valence-electron chi connectivity index (χ1n) is 7.73. The molecule has 2 aromatic rings. The van der Waals surface area contributed by atoms with Gasteiger partial charge in [0.05, 0.1) is 11.9 Å². The van der Waals surface area contributed by atoms with Crippen molar-refractivity contribution in [1.82, 2.24) is 20.1 Å². The van der Waals surface area contributed by atoms with Crippen molar-refractivity contribution in [3.05, 3.63) is 35.9 Å². The Labute approximate surface area is 140 Å². The van der Waals surface area contributed by atoms with E-state index in [1.54, 1.807) is 0 Å². The van der Waals surface area contributed by atoms with Gasteiger partial charge >= 0.3 is 0 Å². The summed E-state index contributed by atoms with van der Waals surface area (Å²) in [5, 5.41) is 8.95. The Bertz CT molecular complexity index is 762. The van der Waals surface area contributed by atoms with Gasteiger partial charge in [-0.3, -0.25) is 9.48 Å². The second kappa shape index (κ2) is 7.08. The molecule has 0 radical (unpaired) electrons. The van der Waals surface area contributed by atoms with E-state index in [2.05, 4.69) is 20.7 Å². The second-order valence-electron chi connectivity index (χ2n) is 5.80. The lowest BCUT2D eigenvalue weighted by molar-refractivity contribution is -0.122. The molecule has 2 aromatic heterocycles. The summed E-state index contributed by atoms with van der Waals surface area (Å²) in [4.78, 5) is 14.4. The van der Waals surface area contributed by atoms with Gasteiger partial charge in [0, 0.05) is 12.2 Å². The van der Waals surface area contributed by atoms with E-state index in [4.69, 9.17) is 0 Å². The highest BCUT2D eigenvalue weighted by molar-refractivity contribution is 5.76. The Morgan fingerprint density at radius 2 is 1.80 bits per heavy atom. The highest BCUT2D eigenvalue weighted by atomic mass is 19.2. The number of pyridine rings is 1. The highest BCUT2D eigenvalue weighted by Gasteiger charge is 2.21. The molecular formula is C15H15F4N5O. The Hall–Kier alpha value is -2.65.